The fraction of sp³-hybridized carbons (Fsp3) is 0.929. The predicted octanol–water partition coefficient (Wildman–Crippen LogP) is 2.48. The van der Waals surface area contributed by atoms with Gasteiger partial charge in [0.25, 0.3) is 0 Å². The molecule has 0 heterocycles. The molecule has 0 spiro atoms. The zero-order valence-electron chi connectivity index (χ0n) is 12.2. The van der Waals surface area contributed by atoms with E-state index >= 15 is 0 Å². The molecule has 0 bridgehead atoms. The lowest BCUT2D eigenvalue weighted by atomic mass is 9.80. The van der Waals surface area contributed by atoms with Crippen LogP contribution in [0.25, 0.3) is 0 Å². The van der Waals surface area contributed by atoms with Gasteiger partial charge in [-0.2, -0.15) is 0 Å². The van der Waals surface area contributed by atoms with Crippen LogP contribution in [0.5, 0.6) is 0 Å². The summed E-state index contributed by atoms with van der Waals surface area (Å²) in [7, 11) is 0. The van der Waals surface area contributed by atoms with Gasteiger partial charge in [0.15, 0.2) is 0 Å². The fourth-order valence-corrected chi connectivity index (χ4v) is 2.90. The average Bonchev–Trinajstić information content (AvgIpc) is 2.35. The molecule has 1 aliphatic carbocycles. The van der Waals surface area contributed by atoms with Crippen LogP contribution in [-0.4, -0.2) is 35.6 Å². The molecule has 0 radical (unpaired) electrons. The Morgan fingerprint density at radius 3 is 2.39 bits per heavy atom. The van der Waals surface area contributed by atoms with Gasteiger partial charge in [0.1, 0.15) is 0 Å². The molecule has 1 aliphatic rings. The molecule has 0 atom stereocenters. The first-order chi connectivity index (χ1) is 8.55. The number of urea groups is 1. The number of hydrogen-bond acceptors (Lipinski definition) is 2. The zero-order chi connectivity index (χ0) is 13.6. The van der Waals surface area contributed by atoms with Gasteiger partial charge >= 0.3 is 6.03 Å². The molecule has 0 aliphatic heterocycles. The largest absolute Gasteiger partial charge is 0.336 e. The average molecular weight is 255 g/mol. The van der Waals surface area contributed by atoms with Crippen molar-refractivity contribution in [3.8, 4) is 0 Å². The predicted molar refractivity (Wildman–Crippen MR) is 75.5 cm³/mol. The van der Waals surface area contributed by atoms with Gasteiger partial charge in [-0.1, -0.05) is 26.2 Å². The molecule has 0 saturated heterocycles. The summed E-state index contributed by atoms with van der Waals surface area (Å²) in [6, 6.07) is 0.231. The number of amides is 2. The highest BCUT2D eigenvalue weighted by Crippen LogP contribution is 2.33. The third kappa shape index (κ3) is 3.61. The van der Waals surface area contributed by atoms with Crippen molar-refractivity contribution in [3.05, 3.63) is 0 Å². The number of nitrogens with zero attached hydrogens (tertiary/aromatic N) is 1. The Labute approximate surface area is 111 Å². The molecule has 1 saturated carbocycles. The Morgan fingerprint density at radius 2 is 1.94 bits per heavy atom. The maximum Gasteiger partial charge on any atom is 0.318 e. The Morgan fingerprint density at radius 1 is 1.33 bits per heavy atom. The quantitative estimate of drug-likeness (QED) is 0.793. The highest BCUT2D eigenvalue weighted by atomic mass is 16.2. The topological polar surface area (TPSA) is 58.4 Å². The second-order valence-corrected chi connectivity index (χ2v) is 5.74. The van der Waals surface area contributed by atoms with Gasteiger partial charge in [-0.15, -0.1) is 0 Å². The minimum absolute atomic E-state index is 0.0548. The van der Waals surface area contributed by atoms with Crippen LogP contribution >= 0.6 is 0 Å². The van der Waals surface area contributed by atoms with Gasteiger partial charge in [-0.25, -0.2) is 4.79 Å². The molecular weight excluding hydrogens is 226 g/mol. The molecular formula is C14H29N3O. The van der Waals surface area contributed by atoms with Crippen molar-refractivity contribution >= 4 is 6.03 Å². The molecule has 0 aromatic rings. The van der Waals surface area contributed by atoms with Crippen LogP contribution in [0.3, 0.4) is 0 Å². The molecule has 4 nitrogen and oxygen atoms in total. The highest BCUT2D eigenvalue weighted by molar-refractivity contribution is 5.75. The Hall–Kier alpha value is -0.770. The van der Waals surface area contributed by atoms with Gasteiger partial charge in [0.2, 0.25) is 0 Å². The first-order valence-electron chi connectivity index (χ1n) is 7.34. The monoisotopic (exact) mass is 255 g/mol. The summed E-state index contributed by atoms with van der Waals surface area (Å²) in [5.74, 6) is 0. The molecule has 4 heteroatoms. The smallest absolute Gasteiger partial charge is 0.318 e. The summed E-state index contributed by atoms with van der Waals surface area (Å²) in [5, 5.41) is 3.02. The van der Waals surface area contributed by atoms with E-state index in [0.717, 1.165) is 25.8 Å². The van der Waals surface area contributed by atoms with E-state index in [9.17, 15) is 4.79 Å². The van der Waals surface area contributed by atoms with E-state index in [4.69, 9.17) is 5.73 Å². The van der Waals surface area contributed by atoms with E-state index in [1.165, 1.54) is 19.3 Å². The standard InChI is InChI=1S/C14H29N3O/c1-4-10-17(13(18)16-12(2)3)14(11-15)8-6-5-7-9-14/h12H,4-11,15H2,1-3H3,(H,16,18). The van der Waals surface area contributed by atoms with Gasteiger partial charge < -0.3 is 16.0 Å². The van der Waals surface area contributed by atoms with E-state index < -0.39 is 0 Å². The van der Waals surface area contributed by atoms with Gasteiger partial charge in [-0.3, -0.25) is 0 Å². The lowest BCUT2D eigenvalue weighted by molar-refractivity contribution is 0.0823. The summed E-state index contributed by atoms with van der Waals surface area (Å²) in [5.41, 5.74) is 5.91. The summed E-state index contributed by atoms with van der Waals surface area (Å²) < 4.78 is 0. The Balaban J connectivity index is 2.82. The van der Waals surface area contributed by atoms with Crippen molar-refractivity contribution in [1.29, 1.82) is 0 Å². The van der Waals surface area contributed by atoms with Crippen molar-refractivity contribution < 1.29 is 4.79 Å². The van der Waals surface area contributed by atoms with Gasteiger partial charge in [0.05, 0.1) is 5.54 Å². The van der Waals surface area contributed by atoms with E-state index in [0.29, 0.717) is 6.54 Å². The summed E-state index contributed by atoms with van der Waals surface area (Å²) in [4.78, 5) is 14.4. The van der Waals surface area contributed by atoms with Crippen molar-refractivity contribution in [3.63, 3.8) is 0 Å². The lowest BCUT2D eigenvalue weighted by Gasteiger charge is -2.46. The number of hydrogen-bond donors (Lipinski definition) is 2. The van der Waals surface area contributed by atoms with Crippen LogP contribution in [-0.2, 0) is 0 Å². The molecule has 18 heavy (non-hydrogen) atoms. The maximum absolute atomic E-state index is 12.4. The number of rotatable bonds is 5. The fourth-order valence-electron chi connectivity index (χ4n) is 2.90. The van der Waals surface area contributed by atoms with Crippen LogP contribution in [0.2, 0.25) is 0 Å². The summed E-state index contributed by atoms with van der Waals surface area (Å²) >= 11 is 0. The molecule has 1 fully saturated rings. The van der Waals surface area contributed by atoms with Crippen LogP contribution < -0.4 is 11.1 Å². The molecule has 0 unspecified atom stereocenters. The van der Waals surface area contributed by atoms with E-state index in [1.54, 1.807) is 0 Å². The van der Waals surface area contributed by atoms with E-state index in [1.807, 2.05) is 18.7 Å². The molecule has 1 rings (SSSR count). The van der Waals surface area contributed by atoms with Gasteiger partial charge in [0, 0.05) is 19.1 Å². The second-order valence-electron chi connectivity index (χ2n) is 5.74. The number of carbonyl (C=O) groups is 1. The maximum atomic E-state index is 12.4. The van der Waals surface area contributed by atoms with E-state index in [-0.39, 0.29) is 17.6 Å². The van der Waals surface area contributed by atoms with Gasteiger partial charge in [-0.05, 0) is 33.1 Å². The van der Waals surface area contributed by atoms with E-state index in [2.05, 4.69) is 12.2 Å². The van der Waals surface area contributed by atoms with Crippen molar-refractivity contribution in [1.82, 2.24) is 10.2 Å². The first kappa shape index (κ1) is 15.3. The molecule has 3 N–H and O–H groups in total. The van der Waals surface area contributed by atoms with Crippen LogP contribution in [0.15, 0.2) is 0 Å². The number of nitrogens with two attached hydrogens (primary N) is 1. The van der Waals surface area contributed by atoms with Crippen molar-refractivity contribution in [2.75, 3.05) is 13.1 Å². The highest BCUT2D eigenvalue weighted by Gasteiger charge is 2.39. The number of carbonyl (C=O) groups excluding carboxylic acids is 1. The van der Waals surface area contributed by atoms with Crippen LogP contribution in [0.1, 0.15) is 59.3 Å². The van der Waals surface area contributed by atoms with Crippen LogP contribution in [0, 0.1) is 0 Å². The molecule has 106 valence electrons. The summed E-state index contributed by atoms with van der Waals surface area (Å²) in [6.45, 7) is 7.49. The SMILES string of the molecule is CCCN(C(=O)NC(C)C)C1(CN)CCCCC1. The Bertz CT molecular complexity index is 260. The first-order valence-corrected chi connectivity index (χ1v) is 7.34. The lowest BCUT2D eigenvalue weighted by Crippen LogP contribution is -2.60. The number of nitrogens with one attached hydrogen (secondary N) is 1. The molecule has 0 aromatic carbocycles. The third-order valence-corrected chi connectivity index (χ3v) is 3.84. The zero-order valence-corrected chi connectivity index (χ0v) is 12.2. The minimum atomic E-state index is -0.104. The third-order valence-electron chi connectivity index (χ3n) is 3.84. The minimum Gasteiger partial charge on any atom is -0.336 e. The van der Waals surface area contributed by atoms with Crippen molar-refractivity contribution in [2.24, 2.45) is 5.73 Å². The Kier molecular flexibility index (Phi) is 5.93. The molecule has 0 aromatic heterocycles. The molecule has 2 amide bonds. The van der Waals surface area contributed by atoms with Crippen LogP contribution in [0.4, 0.5) is 4.79 Å². The second kappa shape index (κ2) is 6.98. The van der Waals surface area contributed by atoms with Crippen molar-refractivity contribution in [2.45, 2.75) is 70.9 Å². The summed E-state index contributed by atoms with van der Waals surface area (Å²) in [6.07, 6.45) is 6.73. The normalized spacial score (nSPS) is 18.7.